The molecule has 0 spiro atoms. The summed E-state index contributed by atoms with van der Waals surface area (Å²) >= 11 is 3.66. The van der Waals surface area contributed by atoms with Gasteiger partial charge in [0.05, 0.1) is 5.69 Å². The van der Waals surface area contributed by atoms with Crippen LogP contribution in [0.3, 0.4) is 0 Å². The minimum Gasteiger partial charge on any atom is -0.368 e. The molecule has 3 rings (SSSR count). The van der Waals surface area contributed by atoms with E-state index in [-0.39, 0.29) is 0 Å². The molecule has 0 aromatic heterocycles. The predicted octanol–water partition coefficient (Wildman–Crippen LogP) is 3.47. The molecule has 2 aromatic carbocycles. The Kier molecular flexibility index (Phi) is 4.38. The summed E-state index contributed by atoms with van der Waals surface area (Å²) in [5.74, 6) is 0. The molecule has 1 unspecified atom stereocenters. The Labute approximate surface area is 128 Å². The summed E-state index contributed by atoms with van der Waals surface area (Å²) in [5.41, 5.74) is 2.70. The van der Waals surface area contributed by atoms with Gasteiger partial charge in [0.25, 0.3) is 0 Å². The second kappa shape index (κ2) is 6.42. The second-order valence-electron chi connectivity index (χ2n) is 5.24. The molecular weight excluding hydrogens is 312 g/mol. The molecule has 104 valence electrons. The van der Waals surface area contributed by atoms with E-state index in [0.29, 0.717) is 6.04 Å². The largest absolute Gasteiger partial charge is 0.368 e. The van der Waals surface area contributed by atoms with E-state index in [2.05, 4.69) is 80.7 Å². The van der Waals surface area contributed by atoms with Crippen molar-refractivity contribution >= 4 is 21.6 Å². The van der Waals surface area contributed by atoms with Crippen LogP contribution in [-0.2, 0) is 6.42 Å². The number of para-hydroxylation sites is 1. The Bertz CT molecular complexity index is 556. The molecule has 0 saturated carbocycles. The average Bonchev–Trinajstić information content (AvgIpc) is 2.49. The normalized spacial score (nSPS) is 19.1. The quantitative estimate of drug-likeness (QED) is 0.926. The smallest absolute Gasteiger partial charge is 0.0511 e. The molecule has 20 heavy (non-hydrogen) atoms. The Morgan fingerprint density at radius 1 is 1.05 bits per heavy atom. The molecule has 1 saturated heterocycles. The van der Waals surface area contributed by atoms with Gasteiger partial charge in [-0.1, -0.05) is 42.5 Å². The first kappa shape index (κ1) is 13.7. The van der Waals surface area contributed by atoms with E-state index >= 15 is 0 Å². The predicted molar refractivity (Wildman–Crippen MR) is 88.3 cm³/mol. The van der Waals surface area contributed by atoms with E-state index in [1.165, 1.54) is 15.7 Å². The lowest BCUT2D eigenvalue weighted by molar-refractivity contribution is 0.454. The van der Waals surface area contributed by atoms with Crippen molar-refractivity contribution in [2.45, 2.75) is 12.5 Å². The van der Waals surface area contributed by atoms with Crippen molar-refractivity contribution in [3.63, 3.8) is 0 Å². The lowest BCUT2D eigenvalue weighted by Gasteiger charge is -2.36. The van der Waals surface area contributed by atoms with Gasteiger partial charge in [0.1, 0.15) is 0 Å². The molecule has 1 heterocycles. The van der Waals surface area contributed by atoms with Crippen molar-refractivity contribution in [2.75, 3.05) is 24.5 Å². The molecule has 1 aliphatic rings. The van der Waals surface area contributed by atoms with Crippen molar-refractivity contribution in [3.05, 3.63) is 64.6 Å². The summed E-state index contributed by atoms with van der Waals surface area (Å²) in [7, 11) is 0. The van der Waals surface area contributed by atoms with Crippen molar-refractivity contribution in [1.82, 2.24) is 5.32 Å². The van der Waals surface area contributed by atoms with Crippen molar-refractivity contribution < 1.29 is 0 Å². The summed E-state index contributed by atoms with van der Waals surface area (Å²) in [6, 6.07) is 19.7. The molecule has 1 fully saturated rings. The topological polar surface area (TPSA) is 15.3 Å². The highest BCUT2D eigenvalue weighted by Gasteiger charge is 2.20. The van der Waals surface area contributed by atoms with Crippen molar-refractivity contribution in [3.8, 4) is 0 Å². The van der Waals surface area contributed by atoms with E-state index in [0.717, 1.165) is 26.1 Å². The van der Waals surface area contributed by atoms with Crippen LogP contribution in [0.2, 0.25) is 0 Å². The molecule has 1 N–H and O–H groups in total. The van der Waals surface area contributed by atoms with Gasteiger partial charge in [-0.25, -0.2) is 0 Å². The summed E-state index contributed by atoms with van der Waals surface area (Å²) < 4.78 is 1.18. The first-order valence-electron chi connectivity index (χ1n) is 7.10. The van der Waals surface area contributed by atoms with Crippen LogP contribution in [0, 0.1) is 0 Å². The number of hydrogen-bond acceptors (Lipinski definition) is 2. The zero-order chi connectivity index (χ0) is 13.8. The molecule has 2 nitrogen and oxygen atoms in total. The highest BCUT2D eigenvalue weighted by Crippen LogP contribution is 2.26. The van der Waals surface area contributed by atoms with Gasteiger partial charge in [0.15, 0.2) is 0 Å². The first-order valence-corrected chi connectivity index (χ1v) is 7.89. The maximum Gasteiger partial charge on any atom is 0.0511 e. The van der Waals surface area contributed by atoms with Gasteiger partial charge in [-0.05, 0) is 40.0 Å². The van der Waals surface area contributed by atoms with Crippen molar-refractivity contribution in [1.29, 1.82) is 0 Å². The van der Waals surface area contributed by atoms with Crippen LogP contribution >= 0.6 is 15.9 Å². The standard InChI is InChI=1S/C17H19BrN2/c18-16-8-4-5-9-17(16)20-11-10-19-15(13-20)12-14-6-2-1-3-7-14/h1-9,15,19H,10-13H2. The number of nitrogens with one attached hydrogen (secondary N) is 1. The van der Waals surface area contributed by atoms with Gasteiger partial charge in [-0.2, -0.15) is 0 Å². The van der Waals surface area contributed by atoms with E-state index in [4.69, 9.17) is 0 Å². The fraction of sp³-hybridized carbons (Fsp3) is 0.294. The summed E-state index contributed by atoms with van der Waals surface area (Å²) in [6.45, 7) is 3.16. The summed E-state index contributed by atoms with van der Waals surface area (Å²) in [4.78, 5) is 2.47. The molecule has 0 bridgehead atoms. The minimum absolute atomic E-state index is 0.512. The molecule has 1 aliphatic heterocycles. The van der Waals surface area contributed by atoms with Crippen LogP contribution in [0.5, 0.6) is 0 Å². The van der Waals surface area contributed by atoms with Crippen LogP contribution in [-0.4, -0.2) is 25.7 Å². The molecule has 0 amide bonds. The number of anilines is 1. The second-order valence-corrected chi connectivity index (χ2v) is 6.09. The molecular formula is C17H19BrN2. The number of nitrogens with zero attached hydrogens (tertiary/aromatic N) is 1. The Morgan fingerprint density at radius 2 is 1.80 bits per heavy atom. The van der Waals surface area contributed by atoms with Gasteiger partial charge < -0.3 is 10.2 Å². The zero-order valence-corrected chi connectivity index (χ0v) is 13.0. The van der Waals surface area contributed by atoms with Crippen LogP contribution < -0.4 is 10.2 Å². The van der Waals surface area contributed by atoms with Gasteiger partial charge in [-0.15, -0.1) is 0 Å². The highest BCUT2D eigenvalue weighted by atomic mass is 79.9. The Hall–Kier alpha value is -1.32. The maximum atomic E-state index is 3.66. The fourth-order valence-electron chi connectivity index (χ4n) is 2.79. The lowest BCUT2D eigenvalue weighted by Crippen LogP contribution is -2.51. The van der Waals surface area contributed by atoms with Crippen LogP contribution in [0.25, 0.3) is 0 Å². The van der Waals surface area contributed by atoms with E-state index in [1.54, 1.807) is 0 Å². The van der Waals surface area contributed by atoms with Crippen LogP contribution in [0.1, 0.15) is 5.56 Å². The van der Waals surface area contributed by atoms with Gasteiger partial charge in [0.2, 0.25) is 0 Å². The lowest BCUT2D eigenvalue weighted by atomic mass is 10.0. The number of benzene rings is 2. The van der Waals surface area contributed by atoms with Crippen LogP contribution in [0.15, 0.2) is 59.1 Å². The maximum absolute atomic E-state index is 3.66. The first-order chi connectivity index (χ1) is 9.83. The van der Waals surface area contributed by atoms with E-state index in [9.17, 15) is 0 Å². The molecule has 0 aliphatic carbocycles. The van der Waals surface area contributed by atoms with Gasteiger partial charge >= 0.3 is 0 Å². The molecule has 3 heteroatoms. The van der Waals surface area contributed by atoms with Gasteiger partial charge in [-0.3, -0.25) is 0 Å². The third-order valence-corrected chi connectivity index (χ3v) is 4.44. The van der Waals surface area contributed by atoms with Gasteiger partial charge in [0, 0.05) is 30.1 Å². The monoisotopic (exact) mass is 330 g/mol. The van der Waals surface area contributed by atoms with E-state index < -0.39 is 0 Å². The molecule has 2 aromatic rings. The van der Waals surface area contributed by atoms with E-state index in [1.807, 2.05) is 0 Å². The Morgan fingerprint density at radius 3 is 2.60 bits per heavy atom. The zero-order valence-electron chi connectivity index (χ0n) is 11.4. The highest BCUT2D eigenvalue weighted by molar-refractivity contribution is 9.10. The molecule has 0 radical (unpaired) electrons. The minimum atomic E-state index is 0.512. The SMILES string of the molecule is Brc1ccccc1N1CCNC(Cc2ccccc2)C1. The summed E-state index contributed by atoms with van der Waals surface area (Å²) in [5, 5.41) is 3.63. The van der Waals surface area contributed by atoms with Crippen molar-refractivity contribution in [2.24, 2.45) is 0 Å². The number of piperazine rings is 1. The number of rotatable bonds is 3. The third kappa shape index (κ3) is 3.22. The number of halogens is 1. The Balaban J connectivity index is 1.69. The molecule has 1 atom stereocenters. The average molecular weight is 331 g/mol. The fourth-order valence-corrected chi connectivity index (χ4v) is 3.32. The third-order valence-electron chi connectivity index (χ3n) is 3.77. The van der Waals surface area contributed by atoms with Crippen LogP contribution in [0.4, 0.5) is 5.69 Å². The number of hydrogen-bond donors (Lipinski definition) is 1. The summed E-state index contributed by atoms with van der Waals surface area (Å²) in [6.07, 6.45) is 1.09.